The highest BCUT2D eigenvalue weighted by Crippen LogP contribution is 2.33. The number of sulfonamides is 1. The Morgan fingerprint density at radius 3 is 1.98 bits per heavy atom. The lowest BCUT2D eigenvalue weighted by Crippen LogP contribution is -2.53. The minimum Gasteiger partial charge on any atom is -0.357 e. The van der Waals surface area contributed by atoms with Gasteiger partial charge in [0.15, 0.2) is 0 Å². The van der Waals surface area contributed by atoms with Crippen LogP contribution in [0.25, 0.3) is 0 Å². The van der Waals surface area contributed by atoms with Gasteiger partial charge in [-0.25, -0.2) is 8.42 Å². The van der Waals surface area contributed by atoms with Gasteiger partial charge >= 0.3 is 6.18 Å². The van der Waals surface area contributed by atoms with E-state index in [2.05, 4.69) is 5.32 Å². The van der Waals surface area contributed by atoms with Crippen LogP contribution in [0.5, 0.6) is 0 Å². The van der Waals surface area contributed by atoms with Crippen molar-refractivity contribution < 1.29 is 31.2 Å². The molecule has 0 aliphatic carbocycles. The number of aryl methyl sites for hydroxylation is 1. The van der Waals surface area contributed by atoms with E-state index in [9.17, 15) is 31.2 Å². The molecule has 0 spiro atoms. The Kier molecular flexibility index (Phi) is 10.1. The van der Waals surface area contributed by atoms with Gasteiger partial charge in [-0.2, -0.15) is 13.2 Å². The molecule has 0 aliphatic rings. The van der Waals surface area contributed by atoms with E-state index >= 15 is 0 Å². The summed E-state index contributed by atoms with van der Waals surface area (Å²) in [4.78, 5) is 28.5. The summed E-state index contributed by atoms with van der Waals surface area (Å²) in [5.74, 6) is -1.25. The molecule has 4 aromatic rings. The van der Waals surface area contributed by atoms with Crippen LogP contribution in [-0.4, -0.2) is 44.8 Å². The highest BCUT2D eigenvalue weighted by Gasteiger charge is 2.36. The molecule has 0 aliphatic heterocycles. The number of benzene rings is 4. The van der Waals surface area contributed by atoms with Crippen molar-refractivity contribution in [3.05, 3.63) is 131 Å². The second kappa shape index (κ2) is 13.8. The van der Waals surface area contributed by atoms with E-state index in [0.29, 0.717) is 15.9 Å². The summed E-state index contributed by atoms with van der Waals surface area (Å²) >= 11 is 0. The Morgan fingerprint density at radius 2 is 1.41 bits per heavy atom. The molecular formula is C33H32F3N3O4S. The zero-order chi connectivity index (χ0) is 31.9. The number of rotatable bonds is 11. The Labute approximate surface area is 255 Å². The molecule has 0 bridgehead atoms. The predicted molar refractivity (Wildman–Crippen MR) is 162 cm³/mol. The van der Waals surface area contributed by atoms with Crippen LogP contribution in [0.2, 0.25) is 0 Å². The maximum atomic E-state index is 14.2. The summed E-state index contributed by atoms with van der Waals surface area (Å²) in [7, 11) is -3.09. The zero-order valence-electron chi connectivity index (χ0n) is 24.2. The summed E-state index contributed by atoms with van der Waals surface area (Å²) in [5, 5.41) is 2.59. The molecule has 4 rings (SSSR count). The van der Waals surface area contributed by atoms with Gasteiger partial charge in [-0.3, -0.25) is 13.9 Å². The molecule has 230 valence electrons. The molecule has 1 unspecified atom stereocenters. The number of anilines is 1. The quantitative estimate of drug-likeness (QED) is 0.236. The molecule has 0 heterocycles. The fourth-order valence-electron chi connectivity index (χ4n) is 4.70. The molecule has 4 aromatic carbocycles. The lowest BCUT2D eigenvalue weighted by molar-refractivity contribution is -0.139. The Balaban J connectivity index is 1.82. The lowest BCUT2D eigenvalue weighted by atomic mass is 10.0. The first-order valence-electron chi connectivity index (χ1n) is 13.8. The van der Waals surface area contributed by atoms with Crippen molar-refractivity contribution in [1.82, 2.24) is 10.2 Å². The van der Waals surface area contributed by atoms with Gasteiger partial charge in [-0.05, 0) is 48.4 Å². The number of nitrogens with one attached hydrogen (secondary N) is 1. The third kappa shape index (κ3) is 7.84. The second-order valence-corrected chi connectivity index (χ2v) is 12.1. The van der Waals surface area contributed by atoms with E-state index in [1.54, 1.807) is 73.7 Å². The molecule has 11 heteroatoms. The molecule has 1 atom stereocenters. The minimum atomic E-state index is -4.75. The maximum absolute atomic E-state index is 14.2. The van der Waals surface area contributed by atoms with E-state index in [1.807, 2.05) is 6.07 Å². The van der Waals surface area contributed by atoms with E-state index in [-0.39, 0.29) is 23.5 Å². The number of alkyl halides is 3. The number of amides is 2. The van der Waals surface area contributed by atoms with Crippen molar-refractivity contribution in [1.29, 1.82) is 0 Å². The molecule has 0 radical (unpaired) electrons. The van der Waals surface area contributed by atoms with Crippen LogP contribution < -0.4 is 9.62 Å². The van der Waals surface area contributed by atoms with Crippen LogP contribution in [0.15, 0.2) is 114 Å². The average Bonchev–Trinajstić information content (AvgIpc) is 3.02. The summed E-state index contributed by atoms with van der Waals surface area (Å²) in [5.41, 5.74) is 0.797. The number of hydrogen-bond donors (Lipinski definition) is 1. The number of hydrogen-bond acceptors (Lipinski definition) is 4. The number of nitrogens with zero attached hydrogens (tertiary/aromatic N) is 2. The van der Waals surface area contributed by atoms with Gasteiger partial charge in [-0.15, -0.1) is 0 Å². The third-order valence-electron chi connectivity index (χ3n) is 7.06. The summed E-state index contributed by atoms with van der Waals surface area (Å²) in [6.45, 7) is 0.857. The lowest BCUT2D eigenvalue weighted by Gasteiger charge is -2.33. The monoisotopic (exact) mass is 623 g/mol. The predicted octanol–water partition coefficient (Wildman–Crippen LogP) is 5.60. The molecule has 0 saturated carbocycles. The van der Waals surface area contributed by atoms with Crippen molar-refractivity contribution in [3.8, 4) is 0 Å². The molecule has 44 heavy (non-hydrogen) atoms. The van der Waals surface area contributed by atoms with Crippen LogP contribution in [0.1, 0.15) is 22.3 Å². The largest absolute Gasteiger partial charge is 0.416 e. The first-order chi connectivity index (χ1) is 20.9. The fraction of sp³-hybridized carbons (Fsp3) is 0.212. The minimum absolute atomic E-state index is 0.0500. The number of carbonyl (C=O) groups is 2. The molecule has 0 aromatic heterocycles. The molecule has 0 fully saturated rings. The van der Waals surface area contributed by atoms with Crippen LogP contribution in [0.3, 0.4) is 0 Å². The molecular weight excluding hydrogens is 591 g/mol. The normalized spacial score (nSPS) is 12.3. The SMILES string of the molecule is CNC(=O)C(Cc1ccccc1)N(Cc1ccccc1)C(=O)CN(c1cccc(C(F)(F)F)c1)S(=O)(=O)c1ccc(C)cc1. The standard InChI is InChI=1S/C33H32F3N3O4S/c1-24-16-18-29(19-17-24)44(42,43)39(28-15-9-14-27(21-28)33(34,35)36)23-31(40)38(22-26-12-7-4-8-13-26)30(32(41)37-2)20-25-10-5-3-6-11-25/h3-19,21,30H,20,22-23H2,1-2H3,(H,37,41). The van der Waals surface area contributed by atoms with Gasteiger partial charge in [0.05, 0.1) is 16.1 Å². The highest BCUT2D eigenvalue weighted by molar-refractivity contribution is 7.92. The number of halogens is 3. The van der Waals surface area contributed by atoms with E-state index in [0.717, 1.165) is 23.3 Å². The van der Waals surface area contributed by atoms with Gasteiger partial charge < -0.3 is 10.2 Å². The summed E-state index contributed by atoms with van der Waals surface area (Å²) < 4.78 is 69.6. The van der Waals surface area contributed by atoms with Gasteiger partial charge in [0.25, 0.3) is 10.0 Å². The first-order valence-corrected chi connectivity index (χ1v) is 15.2. The molecule has 7 nitrogen and oxygen atoms in total. The van der Waals surface area contributed by atoms with Gasteiger partial charge in [0.2, 0.25) is 11.8 Å². The topological polar surface area (TPSA) is 86.8 Å². The van der Waals surface area contributed by atoms with Crippen molar-refractivity contribution in [3.63, 3.8) is 0 Å². The zero-order valence-corrected chi connectivity index (χ0v) is 25.0. The van der Waals surface area contributed by atoms with Gasteiger partial charge in [0, 0.05) is 20.0 Å². The van der Waals surface area contributed by atoms with Crippen LogP contribution in [0.4, 0.5) is 18.9 Å². The second-order valence-electron chi connectivity index (χ2n) is 10.2. The van der Waals surface area contributed by atoms with Crippen LogP contribution in [-0.2, 0) is 38.8 Å². The third-order valence-corrected chi connectivity index (χ3v) is 8.85. The fourth-order valence-corrected chi connectivity index (χ4v) is 6.11. The van der Waals surface area contributed by atoms with Gasteiger partial charge in [0.1, 0.15) is 12.6 Å². The average molecular weight is 624 g/mol. The van der Waals surface area contributed by atoms with E-state index < -0.39 is 46.2 Å². The Bertz CT molecular complexity index is 1680. The Morgan fingerprint density at radius 1 is 0.818 bits per heavy atom. The molecule has 0 saturated heterocycles. The summed E-state index contributed by atoms with van der Waals surface area (Å²) in [6, 6.07) is 26.4. The van der Waals surface area contributed by atoms with Crippen molar-refractivity contribution in [2.24, 2.45) is 0 Å². The summed E-state index contributed by atoms with van der Waals surface area (Å²) in [6.07, 6.45) is -4.63. The van der Waals surface area contributed by atoms with E-state index in [4.69, 9.17) is 0 Å². The van der Waals surface area contributed by atoms with Crippen LogP contribution in [0, 0.1) is 6.92 Å². The van der Waals surface area contributed by atoms with Crippen molar-refractivity contribution in [2.75, 3.05) is 17.9 Å². The maximum Gasteiger partial charge on any atom is 0.416 e. The van der Waals surface area contributed by atoms with Crippen molar-refractivity contribution in [2.45, 2.75) is 37.0 Å². The highest BCUT2D eigenvalue weighted by atomic mass is 32.2. The van der Waals surface area contributed by atoms with Gasteiger partial charge in [-0.1, -0.05) is 84.4 Å². The number of likely N-dealkylation sites (N-methyl/N-ethyl adjacent to an activating group) is 1. The Hall–Kier alpha value is -4.64. The molecule has 1 N–H and O–H groups in total. The smallest absolute Gasteiger partial charge is 0.357 e. The van der Waals surface area contributed by atoms with E-state index in [1.165, 1.54) is 30.1 Å². The number of carbonyl (C=O) groups excluding carboxylic acids is 2. The van der Waals surface area contributed by atoms with Crippen LogP contribution >= 0.6 is 0 Å². The van der Waals surface area contributed by atoms with Crippen molar-refractivity contribution >= 4 is 27.5 Å². The molecule has 2 amide bonds. The first kappa shape index (κ1) is 32.3.